The highest BCUT2D eigenvalue weighted by molar-refractivity contribution is 5.92. The normalized spacial score (nSPS) is 20.2. The lowest BCUT2D eigenvalue weighted by atomic mass is 10.0. The Hall–Kier alpha value is -2.87. The second kappa shape index (κ2) is 7.80. The molecule has 0 spiro atoms. The lowest BCUT2D eigenvalue weighted by Gasteiger charge is -2.18. The minimum Gasteiger partial charge on any atom is -0.359 e. The van der Waals surface area contributed by atoms with Gasteiger partial charge in [-0.05, 0) is 17.7 Å². The average molecular weight is 340 g/mol. The number of carbonyl (C=O) groups excluding carboxylic acids is 2. The molecule has 130 valence electrons. The molecule has 25 heavy (non-hydrogen) atoms. The highest BCUT2D eigenvalue weighted by atomic mass is 16.2. The predicted octanol–water partition coefficient (Wildman–Crippen LogP) is -0.152. The molecule has 3 rings (SSSR count). The van der Waals surface area contributed by atoms with Crippen molar-refractivity contribution in [1.29, 1.82) is 0 Å². The van der Waals surface area contributed by atoms with Gasteiger partial charge >= 0.3 is 0 Å². The fraction of sp³-hybridized carbons (Fsp3) is 0.353. The molecule has 1 aliphatic rings. The van der Waals surface area contributed by atoms with Crippen LogP contribution in [0.5, 0.6) is 0 Å². The zero-order valence-corrected chi connectivity index (χ0v) is 13.9. The number of pyridine rings is 1. The van der Waals surface area contributed by atoms with Crippen LogP contribution in [0.15, 0.2) is 43.1 Å². The van der Waals surface area contributed by atoms with Gasteiger partial charge in [-0.3, -0.25) is 24.5 Å². The van der Waals surface area contributed by atoms with E-state index in [0.29, 0.717) is 19.6 Å². The lowest BCUT2D eigenvalue weighted by Crippen LogP contribution is -2.45. The first-order valence-corrected chi connectivity index (χ1v) is 8.07. The smallest absolute Gasteiger partial charge is 0.271 e. The topological polar surface area (TPSA) is 100 Å². The molecule has 3 heterocycles. The third kappa shape index (κ3) is 4.16. The molecule has 2 amide bonds. The van der Waals surface area contributed by atoms with Crippen LogP contribution in [-0.4, -0.2) is 57.8 Å². The molecule has 2 aromatic rings. The Bertz CT molecular complexity index is 724. The number of nitrogens with one attached hydrogen (secondary N) is 2. The molecule has 0 saturated carbocycles. The van der Waals surface area contributed by atoms with Crippen molar-refractivity contribution in [3.8, 4) is 0 Å². The fourth-order valence-electron chi connectivity index (χ4n) is 3.02. The van der Waals surface area contributed by atoms with E-state index in [9.17, 15) is 9.59 Å². The SMILES string of the molecule is CNC(=O)[C@H]1CN(Cc2ccncc2)C[C@@H]1NC(=O)c1cnccn1. The highest BCUT2D eigenvalue weighted by Gasteiger charge is 2.38. The monoisotopic (exact) mass is 340 g/mol. The van der Waals surface area contributed by atoms with Gasteiger partial charge in [0.1, 0.15) is 5.69 Å². The average Bonchev–Trinajstić information content (AvgIpc) is 3.04. The van der Waals surface area contributed by atoms with Crippen molar-refractivity contribution in [1.82, 2.24) is 30.5 Å². The van der Waals surface area contributed by atoms with E-state index in [-0.39, 0.29) is 29.5 Å². The number of aromatic nitrogens is 3. The van der Waals surface area contributed by atoms with Crippen LogP contribution in [0.4, 0.5) is 0 Å². The summed E-state index contributed by atoms with van der Waals surface area (Å²) < 4.78 is 0. The predicted molar refractivity (Wildman–Crippen MR) is 90.4 cm³/mol. The molecule has 8 nitrogen and oxygen atoms in total. The van der Waals surface area contributed by atoms with Gasteiger partial charge in [-0.1, -0.05) is 0 Å². The van der Waals surface area contributed by atoms with Crippen molar-refractivity contribution in [3.05, 3.63) is 54.4 Å². The molecule has 8 heteroatoms. The Balaban J connectivity index is 1.69. The highest BCUT2D eigenvalue weighted by Crippen LogP contribution is 2.20. The quantitative estimate of drug-likeness (QED) is 0.785. The molecule has 0 aliphatic carbocycles. The van der Waals surface area contributed by atoms with Crippen LogP contribution >= 0.6 is 0 Å². The fourth-order valence-corrected chi connectivity index (χ4v) is 3.02. The van der Waals surface area contributed by atoms with Crippen molar-refractivity contribution < 1.29 is 9.59 Å². The molecule has 1 saturated heterocycles. The van der Waals surface area contributed by atoms with Crippen molar-refractivity contribution in [2.45, 2.75) is 12.6 Å². The maximum absolute atomic E-state index is 12.4. The second-order valence-electron chi connectivity index (χ2n) is 5.94. The Labute approximate surface area is 145 Å². The molecular weight excluding hydrogens is 320 g/mol. The summed E-state index contributed by atoms with van der Waals surface area (Å²) in [5, 5.41) is 5.60. The van der Waals surface area contributed by atoms with Gasteiger partial charge in [0.15, 0.2) is 0 Å². The minimum atomic E-state index is -0.322. The number of amides is 2. The molecular formula is C17H20N6O2. The van der Waals surface area contributed by atoms with Crippen LogP contribution in [0.2, 0.25) is 0 Å². The van der Waals surface area contributed by atoms with Gasteiger partial charge in [-0.2, -0.15) is 0 Å². The van der Waals surface area contributed by atoms with E-state index in [1.54, 1.807) is 19.4 Å². The molecule has 0 aromatic carbocycles. The van der Waals surface area contributed by atoms with E-state index in [1.807, 2.05) is 12.1 Å². The van der Waals surface area contributed by atoms with E-state index in [1.165, 1.54) is 18.6 Å². The zero-order chi connectivity index (χ0) is 17.6. The molecule has 0 radical (unpaired) electrons. The molecule has 2 N–H and O–H groups in total. The van der Waals surface area contributed by atoms with Gasteiger partial charge in [0, 0.05) is 51.5 Å². The van der Waals surface area contributed by atoms with Gasteiger partial charge in [-0.25, -0.2) is 4.98 Å². The van der Waals surface area contributed by atoms with Gasteiger partial charge in [0.05, 0.1) is 18.2 Å². The standard InChI is InChI=1S/C17H20N6O2/c1-18-16(24)13-10-23(9-12-2-4-19-5-3-12)11-15(13)22-17(25)14-8-20-6-7-21-14/h2-8,13,15H,9-11H2,1H3,(H,18,24)(H,22,25)/t13-,15-/m0/s1. The Morgan fingerprint density at radius 3 is 2.64 bits per heavy atom. The first kappa shape index (κ1) is 17.0. The second-order valence-corrected chi connectivity index (χ2v) is 5.94. The van der Waals surface area contributed by atoms with E-state index in [0.717, 1.165) is 5.56 Å². The first-order valence-electron chi connectivity index (χ1n) is 8.07. The summed E-state index contributed by atoms with van der Waals surface area (Å²) in [5.74, 6) is -0.716. The number of hydrogen-bond acceptors (Lipinski definition) is 6. The number of likely N-dealkylation sites (tertiary alicyclic amines) is 1. The zero-order valence-electron chi connectivity index (χ0n) is 13.9. The third-order valence-corrected chi connectivity index (χ3v) is 4.25. The maximum atomic E-state index is 12.4. The summed E-state index contributed by atoms with van der Waals surface area (Å²) in [5.41, 5.74) is 1.36. The van der Waals surface area contributed by atoms with Crippen molar-refractivity contribution >= 4 is 11.8 Å². The Morgan fingerprint density at radius 1 is 1.16 bits per heavy atom. The van der Waals surface area contributed by atoms with E-state index < -0.39 is 0 Å². The summed E-state index contributed by atoms with van der Waals surface area (Å²) in [6, 6.07) is 3.61. The van der Waals surface area contributed by atoms with Crippen LogP contribution < -0.4 is 10.6 Å². The lowest BCUT2D eigenvalue weighted by molar-refractivity contribution is -0.124. The van der Waals surface area contributed by atoms with Crippen LogP contribution in [-0.2, 0) is 11.3 Å². The molecule has 1 fully saturated rings. The molecule has 2 aromatic heterocycles. The summed E-state index contributed by atoms with van der Waals surface area (Å²) in [4.78, 5) is 38.6. The van der Waals surface area contributed by atoms with Gasteiger partial charge < -0.3 is 10.6 Å². The van der Waals surface area contributed by atoms with Crippen LogP contribution in [0, 0.1) is 5.92 Å². The van der Waals surface area contributed by atoms with Gasteiger partial charge in [0.25, 0.3) is 5.91 Å². The molecule has 0 bridgehead atoms. The molecule has 0 unspecified atom stereocenters. The van der Waals surface area contributed by atoms with Crippen LogP contribution in [0.3, 0.4) is 0 Å². The van der Waals surface area contributed by atoms with E-state index >= 15 is 0 Å². The van der Waals surface area contributed by atoms with E-state index in [2.05, 4.69) is 30.5 Å². The Morgan fingerprint density at radius 2 is 1.96 bits per heavy atom. The maximum Gasteiger partial charge on any atom is 0.271 e. The minimum absolute atomic E-state index is 0.0818. The van der Waals surface area contributed by atoms with Crippen molar-refractivity contribution in [3.63, 3.8) is 0 Å². The van der Waals surface area contributed by atoms with Gasteiger partial charge in [0.2, 0.25) is 5.91 Å². The summed E-state index contributed by atoms with van der Waals surface area (Å²) >= 11 is 0. The number of hydrogen-bond donors (Lipinski definition) is 2. The summed E-state index contributed by atoms with van der Waals surface area (Å²) in [6.07, 6.45) is 7.88. The van der Waals surface area contributed by atoms with E-state index in [4.69, 9.17) is 0 Å². The number of rotatable bonds is 5. The van der Waals surface area contributed by atoms with Crippen molar-refractivity contribution in [2.75, 3.05) is 20.1 Å². The Kier molecular flexibility index (Phi) is 5.30. The van der Waals surface area contributed by atoms with Crippen LogP contribution in [0.25, 0.3) is 0 Å². The van der Waals surface area contributed by atoms with Gasteiger partial charge in [-0.15, -0.1) is 0 Å². The summed E-state index contributed by atoms with van der Waals surface area (Å²) in [6.45, 7) is 1.87. The first-order chi connectivity index (χ1) is 12.2. The van der Waals surface area contributed by atoms with Crippen molar-refractivity contribution in [2.24, 2.45) is 5.92 Å². The molecule has 1 aliphatic heterocycles. The van der Waals surface area contributed by atoms with Crippen LogP contribution in [0.1, 0.15) is 16.1 Å². The third-order valence-electron chi connectivity index (χ3n) is 4.25. The largest absolute Gasteiger partial charge is 0.359 e. The number of carbonyl (C=O) groups is 2. The number of nitrogens with zero attached hydrogens (tertiary/aromatic N) is 4. The summed E-state index contributed by atoms with van der Waals surface area (Å²) in [7, 11) is 1.61. The molecule has 2 atom stereocenters.